The van der Waals surface area contributed by atoms with Crippen LogP contribution in [0.15, 0.2) is 36.7 Å². The summed E-state index contributed by atoms with van der Waals surface area (Å²) in [5, 5.41) is 4.14. The van der Waals surface area contributed by atoms with Gasteiger partial charge in [-0.2, -0.15) is 9.78 Å². The highest BCUT2D eigenvalue weighted by molar-refractivity contribution is 5.91. The first-order chi connectivity index (χ1) is 15.5. The minimum atomic E-state index is -0.152. The Morgan fingerprint density at radius 1 is 0.938 bits per heavy atom. The lowest BCUT2D eigenvalue weighted by atomic mass is 10.1. The Morgan fingerprint density at radius 3 is 2.06 bits per heavy atom. The molecule has 2 aliphatic rings. The normalized spacial score (nSPS) is 18.0. The van der Waals surface area contributed by atoms with Gasteiger partial charge in [0.1, 0.15) is 0 Å². The van der Waals surface area contributed by atoms with E-state index in [1.165, 1.54) is 33.8 Å². The van der Waals surface area contributed by atoms with Gasteiger partial charge in [-0.15, -0.1) is 0 Å². The lowest BCUT2D eigenvalue weighted by Crippen LogP contribution is -2.49. The molecule has 2 aromatic rings. The summed E-state index contributed by atoms with van der Waals surface area (Å²) in [4.78, 5) is 32.3. The van der Waals surface area contributed by atoms with Gasteiger partial charge in [0.25, 0.3) is 0 Å². The molecule has 0 radical (unpaired) electrons. The van der Waals surface area contributed by atoms with E-state index < -0.39 is 0 Å². The molecule has 9 heteroatoms. The molecule has 0 N–H and O–H groups in total. The monoisotopic (exact) mass is 440 g/mol. The maximum atomic E-state index is 12.8. The van der Waals surface area contributed by atoms with E-state index in [0.29, 0.717) is 18.8 Å². The molecule has 1 aromatic carbocycles. The van der Waals surface area contributed by atoms with Crippen molar-refractivity contribution in [3.63, 3.8) is 0 Å². The van der Waals surface area contributed by atoms with Crippen molar-refractivity contribution in [2.45, 2.75) is 20.0 Å². The maximum Gasteiger partial charge on any atom is 0.344 e. The van der Waals surface area contributed by atoms with Crippen molar-refractivity contribution in [3.8, 4) is 0 Å². The number of hydrogen-bond donors (Lipinski definition) is 0. The summed E-state index contributed by atoms with van der Waals surface area (Å²) in [6.45, 7) is 9.94. The number of anilines is 1. The summed E-state index contributed by atoms with van der Waals surface area (Å²) in [6, 6.07) is 8.71. The van der Waals surface area contributed by atoms with Crippen LogP contribution in [-0.2, 0) is 22.6 Å². The molecular formula is C23H32N6O3. The second kappa shape index (κ2) is 10.2. The van der Waals surface area contributed by atoms with Gasteiger partial charge in [0.05, 0.1) is 31.3 Å². The van der Waals surface area contributed by atoms with Crippen LogP contribution >= 0.6 is 0 Å². The molecule has 0 bridgehead atoms. The zero-order valence-corrected chi connectivity index (χ0v) is 18.9. The molecule has 172 valence electrons. The Kier molecular flexibility index (Phi) is 7.19. The van der Waals surface area contributed by atoms with Crippen LogP contribution in [0.4, 0.5) is 10.5 Å². The second-order valence-corrected chi connectivity index (χ2v) is 8.47. The Bertz CT molecular complexity index is 914. The number of carbonyl (C=O) groups is 2. The first-order valence-corrected chi connectivity index (χ1v) is 11.2. The van der Waals surface area contributed by atoms with Gasteiger partial charge in [0.15, 0.2) is 0 Å². The van der Waals surface area contributed by atoms with Crippen LogP contribution in [-0.4, -0.2) is 95.9 Å². The van der Waals surface area contributed by atoms with Crippen molar-refractivity contribution in [3.05, 3.63) is 47.8 Å². The van der Waals surface area contributed by atoms with Crippen LogP contribution < -0.4 is 4.90 Å². The molecule has 2 fully saturated rings. The number of aromatic nitrogens is 2. The molecule has 0 unspecified atom stereocenters. The van der Waals surface area contributed by atoms with E-state index in [9.17, 15) is 9.59 Å². The number of ether oxygens (including phenoxy) is 1. The smallest absolute Gasteiger partial charge is 0.344 e. The molecule has 3 heterocycles. The minimum absolute atomic E-state index is 0.0975. The van der Waals surface area contributed by atoms with E-state index in [4.69, 9.17) is 4.74 Å². The van der Waals surface area contributed by atoms with Crippen molar-refractivity contribution in [2.24, 2.45) is 0 Å². The van der Waals surface area contributed by atoms with E-state index in [-0.39, 0.29) is 11.9 Å². The van der Waals surface area contributed by atoms with Crippen LogP contribution in [0.2, 0.25) is 0 Å². The molecule has 1 aromatic heterocycles. The molecule has 2 amide bonds. The van der Waals surface area contributed by atoms with Gasteiger partial charge < -0.3 is 14.5 Å². The van der Waals surface area contributed by atoms with E-state index in [0.717, 1.165) is 52.5 Å². The van der Waals surface area contributed by atoms with Crippen LogP contribution in [0.1, 0.15) is 18.1 Å². The van der Waals surface area contributed by atoms with E-state index in [1.807, 2.05) is 4.90 Å². The van der Waals surface area contributed by atoms with Gasteiger partial charge in [-0.1, -0.05) is 24.3 Å². The molecule has 0 spiro atoms. The minimum Gasteiger partial charge on any atom is -0.379 e. The summed E-state index contributed by atoms with van der Waals surface area (Å²) < 4.78 is 6.73. The first-order valence-electron chi connectivity index (χ1n) is 11.2. The lowest BCUT2D eigenvalue weighted by molar-refractivity contribution is -0.116. The van der Waals surface area contributed by atoms with Gasteiger partial charge >= 0.3 is 6.03 Å². The molecule has 2 saturated heterocycles. The molecule has 9 nitrogen and oxygen atoms in total. The standard InChI is InChI=1S/C23H32N6O3/c1-19(30)25(2)22-15-24-29(18-22)23(31)28-9-7-26(8-10-28)16-20-3-5-21(6-4-20)17-27-11-13-32-14-12-27/h3-6,15,18H,7-14,16-17H2,1-2H3. The predicted molar refractivity (Wildman–Crippen MR) is 121 cm³/mol. The topological polar surface area (TPSA) is 74.2 Å². The molecule has 0 saturated carbocycles. The molecule has 4 rings (SSSR count). The highest BCUT2D eigenvalue weighted by Gasteiger charge is 2.23. The Labute approximate surface area is 189 Å². The zero-order chi connectivity index (χ0) is 22.5. The van der Waals surface area contributed by atoms with Crippen molar-refractivity contribution in [1.29, 1.82) is 0 Å². The fourth-order valence-corrected chi connectivity index (χ4v) is 4.04. The summed E-state index contributed by atoms with van der Waals surface area (Å²) in [5.74, 6) is -0.0975. The van der Waals surface area contributed by atoms with Crippen molar-refractivity contribution in [1.82, 2.24) is 24.5 Å². The van der Waals surface area contributed by atoms with Gasteiger partial charge in [-0.25, -0.2) is 4.79 Å². The number of benzene rings is 1. The third-order valence-corrected chi connectivity index (χ3v) is 6.21. The quantitative estimate of drug-likeness (QED) is 0.701. The fourth-order valence-electron chi connectivity index (χ4n) is 4.04. The van der Waals surface area contributed by atoms with E-state index in [2.05, 4.69) is 39.2 Å². The number of rotatable bonds is 5. The van der Waals surface area contributed by atoms with Gasteiger partial charge in [-0.3, -0.25) is 14.6 Å². The first kappa shape index (κ1) is 22.4. The third kappa shape index (κ3) is 5.53. The van der Waals surface area contributed by atoms with Crippen LogP contribution in [0, 0.1) is 0 Å². The van der Waals surface area contributed by atoms with E-state index >= 15 is 0 Å². The summed E-state index contributed by atoms with van der Waals surface area (Å²) in [5.41, 5.74) is 3.24. The number of carbonyl (C=O) groups excluding carboxylic acids is 2. The van der Waals surface area contributed by atoms with Crippen molar-refractivity contribution < 1.29 is 14.3 Å². The van der Waals surface area contributed by atoms with E-state index in [1.54, 1.807) is 13.2 Å². The Morgan fingerprint density at radius 2 is 1.50 bits per heavy atom. The average Bonchev–Trinajstić information content (AvgIpc) is 3.31. The van der Waals surface area contributed by atoms with Crippen molar-refractivity contribution >= 4 is 17.6 Å². The Hall–Kier alpha value is -2.75. The maximum absolute atomic E-state index is 12.8. The highest BCUT2D eigenvalue weighted by Crippen LogP contribution is 2.15. The summed E-state index contributed by atoms with van der Waals surface area (Å²) in [6.07, 6.45) is 3.15. The molecule has 0 aliphatic carbocycles. The second-order valence-electron chi connectivity index (χ2n) is 8.47. The Balaban J connectivity index is 1.25. The third-order valence-electron chi connectivity index (χ3n) is 6.21. The number of nitrogens with zero attached hydrogens (tertiary/aromatic N) is 6. The number of piperazine rings is 1. The molecular weight excluding hydrogens is 408 g/mol. The highest BCUT2D eigenvalue weighted by atomic mass is 16.5. The zero-order valence-electron chi connectivity index (χ0n) is 18.9. The van der Waals surface area contributed by atoms with Gasteiger partial charge in [0.2, 0.25) is 5.91 Å². The predicted octanol–water partition coefficient (Wildman–Crippen LogP) is 1.48. The molecule has 32 heavy (non-hydrogen) atoms. The summed E-state index contributed by atoms with van der Waals surface area (Å²) >= 11 is 0. The number of hydrogen-bond acceptors (Lipinski definition) is 6. The van der Waals surface area contributed by atoms with Crippen LogP contribution in [0.25, 0.3) is 0 Å². The summed E-state index contributed by atoms with van der Waals surface area (Å²) in [7, 11) is 1.67. The van der Waals surface area contributed by atoms with Crippen LogP contribution in [0.5, 0.6) is 0 Å². The largest absolute Gasteiger partial charge is 0.379 e. The molecule has 0 atom stereocenters. The fraction of sp³-hybridized carbons (Fsp3) is 0.522. The SMILES string of the molecule is CC(=O)N(C)c1cnn(C(=O)N2CCN(Cc3ccc(CN4CCOCC4)cc3)CC2)c1. The number of morpholine rings is 1. The average molecular weight is 441 g/mol. The van der Waals surface area contributed by atoms with Crippen LogP contribution in [0.3, 0.4) is 0 Å². The lowest BCUT2D eigenvalue weighted by Gasteiger charge is -2.34. The van der Waals surface area contributed by atoms with Gasteiger partial charge in [-0.05, 0) is 11.1 Å². The molecule has 2 aliphatic heterocycles. The number of amides is 2. The van der Waals surface area contributed by atoms with Crippen molar-refractivity contribution in [2.75, 3.05) is 64.4 Å². The van der Waals surface area contributed by atoms with Gasteiger partial charge in [0, 0.05) is 66.3 Å².